The Labute approximate surface area is 709 Å². The van der Waals surface area contributed by atoms with Crippen molar-refractivity contribution in [3.8, 4) is 6.07 Å². The average molecular weight is 1640 g/mol. The maximum absolute atomic E-state index is 13.7. The number of carboxylic acids is 2. The first kappa shape index (κ1) is 80.6. The Morgan fingerprint density at radius 3 is 0.882 bits per heavy atom. The number of carbonyl (C=O) groups is 7. The first-order valence-corrected chi connectivity index (χ1v) is 50.3. The smallest absolute Gasteiger partial charge is 0.311 e. The van der Waals surface area contributed by atoms with Crippen LogP contribution in [0.2, 0.25) is 0 Å². The van der Waals surface area contributed by atoms with Crippen LogP contribution in [0.25, 0.3) is 0 Å². The van der Waals surface area contributed by atoms with Gasteiger partial charge in [0.15, 0.2) is 0 Å². The number of nitriles is 1. The van der Waals surface area contributed by atoms with Crippen LogP contribution in [-0.4, -0.2) is 95.2 Å². The lowest BCUT2D eigenvalue weighted by molar-refractivity contribution is -0.215. The molecule has 28 aliphatic rings. The number of hydrogen-bond acceptors (Lipinski definition) is 14. The molecule has 49 atom stereocenters. The Bertz CT molecular complexity index is 4080. The quantitative estimate of drug-likeness (QED) is 0.0671. The summed E-state index contributed by atoms with van der Waals surface area (Å²) in [5.41, 5.74) is -1.89. The number of rotatable bonds is 13. The number of methoxy groups -OCH3 is 1. The van der Waals surface area contributed by atoms with Crippen molar-refractivity contribution >= 4 is 41.8 Å². The molecule has 0 saturated heterocycles. The van der Waals surface area contributed by atoms with E-state index in [1.165, 1.54) is 77.7 Å². The molecule has 0 aliphatic heterocycles. The van der Waals surface area contributed by atoms with Gasteiger partial charge in [0, 0.05) is 12.8 Å². The van der Waals surface area contributed by atoms with E-state index in [1.54, 1.807) is 0 Å². The van der Waals surface area contributed by atoms with Gasteiger partial charge >= 0.3 is 41.8 Å². The van der Waals surface area contributed by atoms with E-state index >= 15 is 0 Å². The van der Waals surface area contributed by atoms with Gasteiger partial charge in [-0.3, -0.25) is 33.6 Å². The fourth-order valence-electron chi connectivity index (χ4n) is 42.9. The third-order valence-corrected chi connectivity index (χ3v) is 46.3. The summed E-state index contributed by atoms with van der Waals surface area (Å²) in [5.74, 6) is 33.8. The number of fused-ring (bicyclic) bond motifs is 45. The third-order valence-electron chi connectivity index (χ3n) is 46.3. The molecule has 28 rings (SSSR count). The number of aliphatic hydroxyl groups excluding tert-OH is 1. The molecular formula is C103H147NO15. The molecule has 119 heavy (non-hydrogen) atoms. The van der Waals surface area contributed by atoms with Crippen LogP contribution in [0.3, 0.4) is 0 Å². The number of aliphatic carboxylic acids is 2. The van der Waals surface area contributed by atoms with Gasteiger partial charge < -0.3 is 39.0 Å². The van der Waals surface area contributed by atoms with Crippen molar-refractivity contribution in [2.75, 3.05) is 26.9 Å². The zero-order valence-corrected chi connectivity index (χ0v) is 73.9. The van der Waals surface area contributed by atoms with Gasteiger partial charge in [0.25, 0.3) is 0 Å². The monoisotopic (exact) mass is 1640 g/mol. The van der Waals surface area contributed by atoms with Crippen LogP contribution in [0.5, 0.6) is 0 Å². The van der Waals surface area contributed by atoms with E-state index in [0.29, 0.717) is 72.5 Å². The molecular weight excluding hydrogens is 1490 g/mol. The maximum Gasteiger partial charge on any atom is 0.311 e. The summed E-state index contributed by atoms with van der Waals surface area (Å²) in [6, 6.07) is 2.04. The van der Waals surface area contributed by atoms with Crippen molar-refractivity contribution < 1.29 is 72.6 Å². The molecule has 49 unspecified atom stereocenters. The second-order valence-electron chi connectivity index (χ2n) is 49.5. The first-order valence-electron chi connectivity index (χ1n) is 50.3. The summed E-state index contributed by atoms with van der Waals surface area (Å²) >= 11 is 0. The number of aliphatic hydroxyl groups is 1. The van der Waals surface area contributed by atoms with E-state index in [1.807, 2.05) is 6.07 Å². The lowest BCUT2D eigenvalue weighted by Crippen LogP contribution is -2.60. The lowest BCUT2D eigenvalue weighted by Gasteiger charge is -2.60. The Kier molecular flexibility index (Phi) is 19.4. The van der Waals surface area contributed by atoms with Crippen LogP contribution in [0, 0.1) is 312 Å². The van der Waals surface area contributed by atoms with Gasteiger partial charge in [-0.2, -0.15) is 5.26 Å². The molecule has 0 heterocycles. The zero-order chi connectivity index (χ0) is 82.5. The minimum Gasteiger partial charge on any atom is -0.481 e. The van der Waals surface area contributed by atoms with Crippen molar-refractivity contribution in [2.24, 2.45) is 301 Å². The van der Waals surface area contributed by atoms with Gasteiger partial charge in [-0.05, 0) is 421 Å². The fraction of sp³-hybridized carbons (Fsp3) is 0.922. The summed E-state index contributed by atoms with van der Waals surface area (Å²) in [7, 11) is 1.52. The van der Waals surface area contributed by atoms with Crippen molar-refractivity contribution in [1.82, 2.24) is 0 Å². The van der Waals surface area contributed by atoms with E-state index < -0.39 is 34.0 Å². The first-order chi connectivity index (χ1) is 57.0. The molecule has 0 aromatic rings. The van der Waals surface area contributed by atoms with Gasteiger partial charge in [0.05, 0.1) is 66.6 Å². The molecule has 28 bridgehead atoms. The summed E-state index contributed by atoms with van der Waals surface area (Å²) in [6.45, 7) is 24.8. The van der Waals surface area contributed by atoms with Crippen molar-refractivity contribution in [1.29, 1.82) is 5.26 Å². The minimum absolute atomic E-state index is 0.00288. The van der Waals surface area contributed by atoms with Crippen molar-refractivity contribution in [3.63, 3.8) is 0 Å². The second kappa shape index (κ2) is 28.6. The van der Waals surface area contributed by atoms with Gasteiger partial charge in [-0.1, -0.05) is 69.2 Å². The number of nitrogens with zero attached hydrogens (tertiary/aromatic N) is 1. The van der Waals surface area contributed by atoms with Crippen LogP contribution >= 0.6 is 0 Å². The molecule has 28 aliphatic carbocycles. The van der Waals surface area contributed by atoms with Crippen LogP contribution in [0.4, 0.5) is 0 Å². The molecule has 0 radical (unpaired) electrons. The Morgan fingerprint density at radius 1 is 0.328 bits per heavy atom. The Morgan fingerprint density at radius 2 is 0.597 bits per heavy atom. The number of ether oxygens (including phenoxy) is 5. The van der Waals surface area contributed by atoms with Crippen molar-refractivity contribution in [3.05, 3.63) is 0 Å². The Balaban J connectivity index is 0.0000000912. The van der Waals surface area contributed by atoms with E-state index in [9.17, 15) is 43.8 Å². The van der Waals surface area contributed by atoms with E-state index in [2.05, 4.69) is 69.2 Å². The predicted octanol–water partition coefficient (Wildman–Crippen LogP) is 18.1. The molecule has 0 aromatic carbocycles. The van der Waals surface area contributed by atoms with E-state index in [4.69, 9.17) is 34.1 Å². The van der Waals surface area contributed by atoms with Crippen LogP contribution in [0.1, 0.15) is 249 Å². The van der Waals surface area contributed by atoms with Crippen LogP contribution in [0.15, 0.2) is 0 Å². The van der Waals surface area contributed by atoms with Gasteiger partial charge in [0.2, 0.25) is 0 Å². The SMILES string of the molecule is CC1C(C)C2CC1C1C3CC(C(=O)O)C(C3)C21.CC1C(C)C2CC1C1C3CC(C(=O)OC45CC6CC(C4)CC(C(=O)O)(C6)C5)C(C3)C21.CC1C(C)C2CC1C1C3CC(C(=O)OCCC#N)C(C3)C21.CC1C(C)C2CC1C1C3CC(C(=O)OCCO)C(C3)C21.COC(=O)C12CC3CC(CC(OC(=O)C4CC5CC4C4C6CC(C(C)C6C)C54)(C3)C1)C2. The van der Waals surface area contributed by atoms with Gasteiger partial charge in [-0.25, -0.2) is 0 Å². The summed E-state index contributed by atoms with van der Waals surface area (Å²) in [5, 5.41) is 36.7. The topological polar surface area (TPSA) is 250 Å². The largest absolute Gasteiger partial charge is 0.481 e. The average Bonchev–Trinajstić information content (AvgIpc) is 1.58. The predicted molar refractivity (Wildman–Crippen MR) is 441 cm³/mol. The van der Waals surface area contributed by atoms with Gasteiger partial charge in [0.1, 0.15) is 24.4 Å². The normalized spacial score (nSPS) is 58.7. The lowest BCUT2D eigenvalue weighted by atomic mass is 9.48. The molecule has 28 fully saturated rings. The number of esters is 5. The number of carbonyl (C=O) groups excluding carboxylic acids is 5. The number of hydrogen-bond donors (Lipinski definition) is 3. The highest BCUT2D eigenvalue weighted by Crippen LogP contribution is 2.78. The highest BCUT2D eigenvalue weighted by atomic mass is 16.6. The van der Waals surface area contributed by atoms with Crippen LogP contribution < -0.4 is 0 Å². The summed E-state index contributed by atoms with van der Waals surface area (Å²) < 4.78 is 28.8. The molecule has 0 amide bonds. The molecule has 0 aromatic heterocycles. The highest BCUT2D eigenvalue weighted by molar-refractivity contribution is 5.80. The third kappa shape index (κ3) is 11.7. The zero-order valence-electron chi connectivity index (χ0n) is 73.9. The standard InChI is InChI=1S/C27H38O4.C26H36O4.C18H25NO2.C17H26O3.C15H22O2/c1-13-14(2)19-7-18(13)22-17-5-20(23(19)22)21(6-17)24(28)31-27-10-15-4-16(11-27)9-26(8-15,12-27)25(29)30-3;1-12-13(2)18-6-17(12)21-16-4-19(22(18)21)20(5-16)23(27)30-26-9-14-3-15(10-26)8-25(7-14,11-26)24(28)29;1-9-10(2)13-8-12(9)16-11-6-14(17(13)16)15(7-11)18(20)21-5-3-4-19;1-8-9(2)12-7-11(8)15-10-5-13(16(12)15)14(6-10)17(19)20-4-3-18;1-6-7(2)10-5-9(6)13-8-3-11(14(10)13)12(4-8)15(16)17/h13-23H,4-12H2,1-3H3;12-22H,3-11H2,1-2H3,(H,28,29);9-17H,3,5-8H2,1-2H3;8-16,18H,3-7H2,1-2H3;6-14H,3-5H2,1-2H3,(H,16,17). The molecule has 16 nitrogen and oxygen atoms in total. The Hall–Kier alpha value is -4.26. The van der Waals surface area contributed by atoms with E-state index in [-0.39, 0.29) is 79.3 Å². The van der Waals surface area contributed by atoms with Gasteiger partial charge in [-0.15, -0.1) is 0 Å². The van der Waals surface area contributed by atoms with Crippen LogP contribution in [-0.2, 0) is 57.2 Å². The molecule has 28 saturated carbocycles. The highest BCUT2D eigenvalue weighted by Gasteiger charge is 2.75. The summed E-state index contributed by atoms with van der Waals surface area (Å²) in [4.78, 5) is 88.0. The fourth-order valence-corrected chi connectivity index (χ4v) is 42.9. The molecule has 654 valence electrons. The van der Waals surface area contributed by atoms with Crippen molar-refractivity contribution in [2.45, 2.75) is 260 Å². The second-order valence-corrected chi connectivity index (χ2v) is 49.5. The summed E-state index contributed by atoms with van der Waals surface area (Å²) in [6.07, 6.45) is 29.8. The maximum atomic E-state index is 13.7. The molecule has 3 N–H and O–H groups in total. The molecule has 0 spiro atoms. The number of carboxylic acid groups (broad SMARTS) is 2. The molecule has 16 heteroatoms. The van der Waals surface area contributed by atoms with E-state index in [0.717, 1.165) is 297 Å². The minimum atomic E-state index is -0.648.